The van der Waals surface area contributed by atoms with Gasteiger partial charge < -0.3 is 0 Å². The molecule has 0 spiro atoms. The van der Waals surface area contributed by atoms with Crippen LogP contribution in [0.1, 0.15) is 5.69 Å². The van der Waals surface area contributed by atoms with Crippen LogP contribution in [0.2, 0.25) is 0 Å². The van der Waals surface area contributed by atoms with Gasteiger partial charge in [-0.05, 0) is 19.1 Å². The monoisotopic (exact) mass is 236 g/mol. The summed E-state index contributed by atoms with van der Waals surface area (Å²) in [5.41, 5.74) is 0.754. The molecule has 0 saturated heterocycles. The van der Waals surface area contributed by atoms with Gasteiger partial charge in [-0.25, -0.2) is 4.98 Å². The Kier molecular flexibility index (Phi) is 3.46. The Balaban J connectivity index is 2.87. The molecule has 0 unspecified atom stereocenters. The molecule has 0 bridgehead atoms. The maximum atomic E-state index is 11.0. The van der Waals surface area contributed by atoms with E-state index in [4.69, 9.17) is 0 Å². The second kappa shape index (κ2) is 4.21. The number of nitrogens with zero attached hydrogens (tertiary/aromatic N) is 1. The lowest BCUT2D eigenvalue weighted by Gasteiger charge is -2.03. The molecule has 0 fully saturated rings. The van der Waals surface area contributed by atoms with Gasteiger partial charge in [0.25, 0.3) is 9.06 Å². The first-order valence-electron chi connectivity index (χ1n) is 3.33. The van der Waals surface area contributed by atoms with E-state index in [-0.39, 0.29) is 0 Å². The Morgan fingerprint density at radius 3 is 2.77 bits per heavy atom. The number of nitrogens with one attached hydrogen (secondary N) is 1. The van der Waals surface area contributed by atoms with Crippen molar-refractivity contribution in [2.45, 2.75) is 6.92 Å². The number of rotatable bonds is 3. The van der Waals surface area contributed by atoms with Gasteiger partial charge in [0.05, 0.1) is 9.83 Å². The quantitative estimate of drug-likeness (QED) is 0.618. The third-order valence-electron chi connectivity index (χ3n) is 1.22. The van der Waals surface area contributed by atoms with Crippen molar-refractivity contribution in [2.24, 2.45) is 0 Å². The fraction of sp³-hybridized carbons (Fsp3) is 0.167. The molecule has 1 heterocycles. The molecular weight excluding hydrogens is 228 g/mol. The van der Waals surface area contributed by atoms with Gasteiger partial charge in [-0.2, -0.15) is 8.42 Å². The molecule has 1 rings (SSSR count). The molecule has 72 valence electrons. The van der Waals surface area contributed by atoms with Crippen LogP contribution < -0.4 is 4.72 Å². The minimum absolute atomic E-state index is 0.307. The highest BCUT2D eigenvalue weighted by Gasteiger charge is 2.08. The van der Waals surface area contributed by atoms with Crippen LogP contribution in [0, 0.1) is 6.92 Å². The standard InChI is InChI=1S/C6H8N2O2S3/c1-5-3-2-4-6(7-5)8-13(9,10)12-11/h2-4,11H,1H3,(H,7,8). The van der Waals surface area contributed by atoms with Gasteiger partial charge in [-0.3, -0.25) is 4.72 Å². The molecule has 1 N–H and O–H groups in total. The summed E-state index contributed by atoms with van der Waals surface area (Å²) in [4.78, 5) is 3.97. The smallest absolute Gasteiger partial charge is 0.258 e. The van der Waals surface area contributed by atoms with E-state index in [0.29, 0.717) is 15.6 Å². The molecule has 1 aromatic heterocycles. The Morgan fingerprint density at radius 1 is 1.54 bits per heavy atom. The number of anilines is 1. The summed E-state index contributed by atoms with van der Waals surface area (Å²) >= 11 is 3.60. The van der Waals surface area contributed by atoms with E-state index in [9.17, 15) is 8.42 Å². The molecule has 4 nitrogen and oxygen atoms in total. The minimum Gasteiger partial charge on any atom is -0.258 e. The molecule has 0 amide bonds. The van der Waals surface area contributed by atoms with Crippen molar-refractivity contribution < 1.29 is 8.42 Å². The van der Waals surface area contributed by atoms with Crippen molar-refractivity contribution in [3.05, 3.63) is 23.9 Å². The van der Waals surface area contributed by atoms with E-state index >= 15 is 0 Å². The molecule has 0 aromatic carbocycles. The summed E-state index contributed by atoms with van der Waals surface area (Å²) in [6.45, 7) is 1.78. The number of aryl methyl sites for hydroxylation is 1. The fourth-order valence-corrected chi connectivity index (χ4v) is 1.86. The summed E-state index contributed by atoms with van der Waals surface area (Å²) in [6.07, 6.45) is 0. The fourth-order valence-electron chi connectivity index (χ4n) is 0.747. The highest BCUT2D eigenvalue weighted by molar-refractivity contribution is 9.02. The number of hydrogen-bond donors (Lipinski definition) is 2. The second-order valence-electron chi connectivity index (χ2n) is 2.29. The Labute approximate surface area is 85.4 Å². The highest BCUT2D eigenvalue weighted by atomic mass is 33.5. The van der Waals surface area contributed by atoms with Crippen LogP contribution in [0.25, 0.3) is 0 Å². The second-order valence-corrected chi connectivity index (χ2v) is 6.66. The zero-order chi connectivity index (χ0) is 9.90. The van der Waals surface area contributed by atoms with E-state index in [2.05, 4.69) is 21.4 Å². The molecule has 0 saturated carbocycles. The highest BCUT2D eigenvalue weighted by Crippen LogP contribution is 2.18. The van der Waals surface area contributed by atoms with Gasteiger partial charge in [-0.1, -0.05) is 17.7 Å². The van der Waals surface area contributed by atoms with Crippen molar-refractivity contribution in [3.8, 4) is 0 Å². The average molecular weight is 236 g/mol. The van der Waals surface area contributed by atoms with Gasteiger partial charge in [0, 0.05) is 5.69 Å². The third kappa shape index (κ3) is 3.45. The molecule has 0 aliphatic heterocycles. The molecule has 0 radical (unpaired) electrons. The first kappa shape index (κ1) is 10.7. The van der Waals surface area contributed by atoms with Gasteiger partial charge in [0.2, 0.25) is 0 Å². The van der Waals surface area contributed by atoms with E-state index in [1.54, 1.807) is 25.1 Å². The maximum absolute atomic E-state index is 11.0. The molecule has 0 atom stereocenters. The Morgan fingerprint density at radius 2 is 2.23 bits per heavy atom. The minimum atomic E-state index is -3.42. The zero-order valence-electron chi connectivity index (χ0n) is 6.76. The average Bonchev–Trinajstić information content (AvgIpc) is 2.03. The first-order valence-corrected chi connectivity index (χ1v) is 7.20. The summed E-state index contributed by atoms with van der Waals surface area (Å²) < 4.78 is 24.3. The van der Waals surface area contributed by atoms with Crippen LogP contribution in [-0.4, -0.2) is 13.4 Å². The third-order valence-corrected chi connectivity index (χ3v) is 4.48. The molecule has 1 aromatic rings. The first-order chi connectivity index (χ1) is 6.03. The zero-order valence-corrected chi connectivity index (χ0v) is 9.29. The van der Waals surface area contributed by atoms with Gasteiger partial charge in [0.1, 0.15) is 5.82 Å². The van der Waals surface area contributed by atoms with E-state index in [1.165, 1.54) is 0 Å². The summed E-state index contributed by atoms with van der Waals surface area (Å²) in [5, 5.41) is 0. The molecule has 0 aliphatic rings. The van der Waals surface area contributed by atoms with Gasteiger partial charge in [0.15, 0.2) is 0 Å². The normalized spacial score (nSPS) is 11.2. The SMILES string of the molecule is Cc1cccc(NS(=O)(=O)SS)n1. The van der Waals surface area contributed by atoms with Crippen LogP contribution in [0.3, 0.4) is 0 Å². The van der Waals surface area contributed by atoms with Crippen LogP contribution in [-0.2, 0) is 9.06 Å². The van der Waals surface area contributed by atoms with Crippen LogP contribution in [0.15, 0.2) is 18.2 Å². The van der Waals surface area contributed by atoms with Gasteiger partial charge >= 0.3 is 0 Å². The number of pyridine rings is 1. The number of aromatic nitrogens is 1. The van der Waals surface area contributed by atoms with Crippen molar-refractivity contribution in [1.29, 1.82) is 0 Å². The predicted molar refractivity (Wildman–Crippen MR) is 58.1 cm³/mol. The maximum Gasteiger partial charge on any atom is 0.297 e. The van der Waals surface area contributed by atoms with Crippen LogP contribution in [0.4, 0.5) is 5.82 Å². The lowest BCUT2D eigenvalue weighted by Crippen LogP contribution is -2.07. The van der Waals surface area contributed by atoms with Crippen LogP contribution >= 0.6 is 21.5 Å². The number of thiol groups is 1. The van der Waals surface area contributed by atoms with Crippen LogP contribution in [0.5, 0.6) is 0 Å². The molecule has 7 heteroatoms. The summed E-state index contributed by atoms with van der Waals surface area (Å²) in [7, 11) is -2.98. The number of hydrogen-bond acceptors (Lipinski definition) is 5. The summed E-state index contributed by atoms with van der Waals surface area (Å²) in [6, 6.07) is 5.09. The Hall–Kier alpha value is -0.400. The molecule has 0 aliphatic carbocycles. The topological polar surface area (TPSA) is 59.1 Å². The predicted octanol–water partition coefficient (Wildman–Crippen LogP) is 1.62. The molecular formula is C6H8N2O2S3. The lowest BCUT2D eigenvalue weighted by molar-refractivity contribution is 0.615. The van der Waals surface area contributed by atoms with E-state index in [1.807, 2.05) is 0 Å². The molecule has 13 heavy (non-hydrogen) atoms. The lowest BCUT2D eigenvalue weighted by atomic mass is 10.4. The van der Waals surface area contributed by atoms with Crippen molar-refractivity contribution in [2.75, 3.05) is 4.72 Å². The van der Waals surface area contributed by atoms with Gasteiger partial charge in [-0.15, -0.1) is 0 Å². The van der Waals surface area contributed by atoms with Crippen molar-refractivity contribution >= 4 is 36.4 Å². The summed E-state index contributed by atoms with van der Waals surface area (Å²) in [5.74, 6) is 0.307. The van der Waals surface area contributed by atoms with E-state index < -0.39 is 9.06 Å². The van der Waals surface area contributed by atoms with Crippen molar-refractivity contribution in [1.82, 2.24) is 4.98 Å². The van der Waals surface area contributed by atoms with Crippen molar-refractivity contribution in [3.63, 3.8) is 0 Å². The Bertz CT molecular complexity index is 391. The largest absolute Gasteiger partial charge is 0.297 e. The van der Waals surface area contributed by atoms with E-state index in [0.717, 1.165) is 5.69 Å².